The molecule has 0 radical (unpaired) electrons. The maximum absolute atomic E-state index is 11.4. The van der Waals surface area contributed by atoms with Gasteiger partial charge in [-0.1, -0.05) is 17.7 Å². The minimum Gasteiger partial charge on any atom is -0.354 e. The Kier molecular flexibility index (Phi) is 3.15. The van der Waals surface area contributed by atoms with Crippen molar-refractivity contribution in [2.24, 2.45) is 0 Å². The Bertz CT molecular complexity index is 563. The van der Waals surface area contributed by atoms with E-state index in [2.05, 4.69) is 15.5 Å². The summed E-state index contributed by atoms with van der Waals surface area (Å²) in [5.74, 6) is -0.210. The molecule has 0 bridgehead atoms. The fourth-order valence-corrected chi connectivity index (χ4v) is 1.64. The third-order valence-corrected chi connectivity index (χ3v) is 2.93. The van der Waals surface area contributed by atoms with E-state index in [9.17, 15) is 4.79 Å². The minimum absolute atomic E-state index is 0.210. The second-order valence-corrected chi connectivity index (χ2v) is 4.12. The molecule has 88 valence electrons. The molecule has 0 spiro atoms. The van der Waals surface area contributed by atoms with Crippen LogP contribution in [0.4, 0.5) is 0 Å². The lowest BCUT2D eigenvalue weighted by molar-refractivity contribution is 0.0958. The first kappa shape index (κ1) is 11.7. The molecular weight excluding hydrogens is 238 g/mol. The summed E-state index contributed by atoms with van der Waals surface area (Å²) in [6, 6.07) is 7.37. The fraction of sp³-hybridized carbons (Fsp3) is 0.167. The third kappa shape index (κ3) is 2.31. The summed E-state index contributed by atoms with van der Waals surface area (Å²) in [6.07, 6.45) is 0. The predicted octanol–water partition coefficient (Wildman–Crippen LogP) is 2.40. The van der Waals surface area contributed by atoms with E-state index < -0.39 is 0 Å². The highest BCUT2D eigenvalue weighted by Gasteiger charge is 2.09. The van der Waals surface area contributed by atoms with Gasteiger partial charge in [-0.15, -0.1) is 0 Å². The molecular formula is C12H12ClN3O. The molecule has 17 heavy (non-hydrogen) atoms. The molecule has 1 aromatic carbocycles. The van der Waals surface area contributed by atoms with E-state index in [1.54, 1.807) is 13.1 Å². The van der Waals surface area contributed by atoms with Crippen LogP contribution in [0.3, 0.4) is 0 Å². The van der Waals surface area contributed by atoms with Crippen molar-refractivity contribution in [2.45, 2.75) is 6.92 Å². The summed E-state index contributed by atoms with van der Waals surface area (Å²) >= 11 is 5.96. The van der Waals surface area contributed by atoms with Gasteiger partial charge >= 0.3 is 0 Å². The molecule has 4 nitrogen and oxygen atoms in total. The summed E-state index contributed by atoms with van der Waals surface area (Å²) < 4.78 is 0. The zero-order valence-corrected chi connectivity index (χ0v) is 10.3. The molecule has 5 heteroatoms. The number of carbonyl (C=O) groups excluding carboxylic acids is 1. The van der Waals surface area contributed by atoms with Gasteiger partial charge < -0.3 is 5.32 Å². The van der Waals surface area contributed by atoms with Gasteiger partial charge in [-0.25, -0.2) is 0 Å². The minimum atomic E-state index is -0.210. The van der Waals surface area contributed by atoms with Gasteiger partial charge in [0.25, 0.3) is 5.91 Å². The number of nitrogens with zero attached hydrogens (tertiary/aromatic N) is 1. The van der Waals surface area contributed by atoms with Gasteiger partial charge in [-0.2, -0.15) is 5.10 Å². The van der Waals surface area contributed by atoms with Crippen molar-refractivity contribution in [2.75, 3.05) is 7.05 Å². The number of amides is 1. The topological polar surface area (TPSA) is 57.8 Å². The van der Waals surface area contributed by atoms with E-state index >= 15 is 0 Å². The lowest BCUT2D eigenvalue weighted by Crippen LogP contribution is -2.17. The average Bonchev–Trinajstić information content (AvgIpc) is 2.81. The van der Waals surface area contributed by atoms with E-state index in [0.29, 0.717) is 5.69 Å². The maximum Gasteiger partial charge on any atom is 0.271 e. The van der Waals surface area contributed by atoms with E-state index in [-0.39, 0.29) is 5.91 Å². The monoisotopic (exact) mass is 249 g/mol. The molecule has 0 unspecified atom stereocenters. The van der Waals surface area contributed by atoms with Crippen molar-refractivity contribution in [3.8, 4) is 11.3 Å². The molecule has 0 aliphatic rings. The summed E-state index contributed by atoms with van der Waals surface area (Å²) in [4.78, 5) is 11.4. The summed E-state index contributed by atoms with van der Waals surface area (Å²) in [7, 11) is 1.57. The number of nitrogens with one attached hydrogen (secondary N) is 2. The van der Waals surface area contributed by atoms with Crippen LogP contribution in [0.5, 0.6) is 0 Å². The number of carbonyl (C=O) groups is 1. The summed E-state index contributed by atoms with van der Waals surface area (Å²) in [5, 5.41) is 10.0. The van der Waals surface area contributed by atoms with Crippen LogP contribution in [-0.4, -0.2) is 23.2 Å². The average molecular weight is 250 g/mol. The van der Waals surface area contributed by atoms with Crippen LogP contribution in [0.1, 0.15) is 16.1 Å². The molecule has 0 fully saturated rings. The largest absolute Gasteiger partial charge is 0.354 e. The van der Waals surface area contributed by atoms with Gasteiger partial charge in [0.15, 0.2) is 5.69 Å². The van der Waals surface area contributed by atoms with Crippen LogP contribution in [0.25, 0.3) is 11.3 Å². The van der Waals surface area contributed by atoms with Crippen molar-refractivity contribution >= 4 is 17.5 Å². The molecule has 2 aromatic rings. The summed E-state index contributed by atoms with van der Waals surface area (Å²) in [5.41, 5.74) is 3.10. The molecule has 1 amide bonds. The van der Waals surface area contributed by atoms with Gasteiger partial charge in [-0.3, -0.25) is 9.89 Å². The normalized spacial score (nSPS) is 10.3. The van der Waals surface area contributed by atoms with Crippen molar-refractivity contribution in [1.82, 2.24) is 15.5 Å². The lowest BCUT2D eigenvalue weighted by atomic mass is 10.1. The van der Waals surface area contributed by atoms with Crippen molar-refractivity contribution in [3.63, 3.8) is 0 Å². The Morgan fingerprint density at radius 1 is 1.41 bits per heavy atom. The third-order valence-electron chi connectivity index (χ3n) is 2.51. The van der Waals surface area contributed by atoms with Crippen LogP contribution in [0.2, 0.25) is 5.02 Å². The molecule has 0 atom stereocenters. The molecule has 2 rings (SSSR count). The van der Waals surface area contributed by atoms with Gasteiger partial charge in [0.05, 0.1) is 5.69 Å². The Morgan fingerprint density at radius 2 is 2.18 bits per heavy atom. The van der Waals surface area contributed by atoms with Crippen LogP contribution in [0, 0.1) is 6.92 Å². The highest BCUT2D eigenvalue weighted by atomic mass is 35.5. The highest BCUT2D eigenvalue weighted by Crippen LogP contribution is 2.23. The molecule has 0 aliphatic heterocycles. The number of hydrogen-bond donors (Lipinski definition) is 2. The van der Waals surface area contributed by atoms with Crippen LogP contribution >= 0.6 is 11.6 Å². The second kappa shape index (κ2) is 4.59. The van der Waals surface area contributed by atoms with Gasteiger partial charge in [-0.05, 0) is 36.2 Å². The first-order valence-electron chi connectivity index (χ1n) is 5.16. The lowest BCUT2D eigenvalue weighted by Gasteiger charge is -2.01. The number of hydrogen-bond acceptors (Lipinski definition) is 2. The van der Waals surface area contributed by atoms with E-state index in [4.69, 9.17) is 11.6 Å². The number of aromatic nitrogens is 2. The zero-order chi connectivity index (χ0) is 12.4. The predicted molar refractivity (Wildman–Crippen MR) is 67.2 cm³/mol. The standard InChI is InChI=1S/C12H12ClN3O/c1-7-5-8(3-4-9(7)13)10-6-11(16-15-10)12(17)14-2/h3-6H,1-2H3,(H,14,17)(H,15,16). The molecule has 0 aliphatic carbocycles. The van der Waals surface area contributed by atoms with Crippen LogP contribution in [0.15, 0.2) is 24.3 Å². The number of aryl methyl sites for hydroxylation is 1. The van der Waals surface area contributed by atoms with Crippen molar-refractivity contribution in [3.05, 3.63) is 40.5 Å². The Hall–Kier alpha value is -1.81. The second-order valence-electron chi connectivity index (χ2n) is 3.71. The van der Waals surface area contributed by atoms with E-state index in [1.807, 2.05) is 25.1 Å². The SMILES string of the molecule is CNC(=O)c1cc(-c2ccc(Cl)c(C)c2)[nH]n1. The maximum atomic E-state index is 11.4. The van der Waals surface area contributed by atoms with Crippen molar-refractivity contribution in [1.29, 1.82) is 0 Å². The van der Waals surface area contributed by atoms with Crippen molar-refractivity contribution < 1.29 is 4.79 Å². The molecule has 1 heterocycles. The first-order valence-corrected chi connectivity index (χ1v) is 5.53. The van der Waals surface area contributed by atoms with E-state index in [0.717, 1.165) is 21.8 Å². The van der Waals surface area contributed by atoms with Crippen LogP contribution < -0.4 is 5.32 Å². The summed E-state index contributed by atoms with van der Waals surface area (Å²) in [6.45, 7) is 1.93. The smallest absolute Gasteiger partial charge is 0.271 e. The number of benzene rings is 1. The zero-order valence-electron chi connectivity index (χ0n) is 9.54. The molecule has 2 N–H and O–H groups in total. The van der Waals surface area contributed by atoms with Gasteiger partial charge in [0, 0.05) is 12.1 Å². The fourth-order valence-electron chi connectivity index (χ4n) is 1.53. The number of rotatable bonds is 2. The van der Waals surface area contributed by atoms with Crippen LogP contribution in [-0.2, 0) is 0 Å². The van der Waals surface area contributed by atoms with E-state index in [1.165, 1.54) is 0 Å². The number of H-pyrrole nitrogens is 1. The number of aromatic amines is 1. The Balaban J connectivity index is 2.37. The number of halogens is 1. The quantitative estimate of drug-likeness (QED) is 0.859. The molecule has 1 aromatic heterocycles. The van der Waals surface area contributed by atoms with Gasteiger partial charge in [0.1, 0.15) is 0 Å². The Morgan fingerprint density at radius 3 is 2.82 bits per heavy atom. The Labute approximate surface area is 104 Å². The van der Waals surface area contributed by atoms with Gasteiger partial charge in [0.2, 0.25) is 0 Å². The molecule has 0 saturated heterocycles. The highest BCUT2D eigenvalue weighted by molar-refractivity contribution is 6.31. The molecule has 0 saturated carbocycles. The first-order chi connectivity index (χ1) is 8.11.